The van der Waals surface area contributed by atoms with E-state index in [1.807, 2.05) is 13.8 Å². The Hall–Kier alpha value is -2.04. The summed E-state index contributed by atoms with van der Waals surface area (Å²) >= 11 is 0. The standard InChI is InChI=1S/C11H13N3O2/c1-8(2)14-6-10(5-12-14)13-11(15)9-3-4-16-7-9/h3-8H,1-2H3,(H,13,15). The maximum Gasteiger partial charge on any atom is 0.259 e. The topological polar surface area (TPSA) is 60.1 Å². The number of nitrogens with zero attached hydrogens (tertiary/aromatic N) is 2. The molecule has 5 heteroatoms. The van der Waals surface area contributed by atoms with Crippen LogP contribution in [0.25, 0.3) is 0 Å². The minimum absolute atomic E-state index is 0.197. The number of hydrogen-bond donors (Lipinski definition) is 1. The van der Waals surface area contributed by atoms with Gasteiger partial charge in [0.25, 0.3) is 5.91 Å². The van der Waals surface area contributed by atoms with Crippen LogP contribution in [0.1, 0.15) is 30.2 Å². The van der Waals surface area contributed by atoms with E-state index in [2.05, 4.69) is 10.4 Å². The Kier molecular flexibility index (Phi) is 2.76. The van der Waals surface area contributed by atoms with Crippen molar-refractivity contribution in [2.24, 2.45) is 0 Å². The molecule has 0 saturated carbocycles. The number of hydrogen-bond acceptors (Lipinski definition) is 3. The highest BCUT2D eigenvalue weighted by atomic mass is 16.3. The van der Waals surface area contributed by atoms with E-state index in [9.17, 15) is 4.79 Å². The molecule has 1 amide bonds. The van der Waals surface area contributed by atoms with Crippen LogP contribution in [-0.4, -0.2) is 15.7 Å². The van der Waals surface area contributed by atoms with Gasteiger partial charge in [-0.3, -0.25) is 9.48 Å². The molecule has 0 unspecified atom stereocenters. The Morgan fingerprint density at radius 1 is 1.56 bits per heavy atom. The first-order valence-corrected chi connectivity index (χ1v) is 5.04. The smallest absolute Gasteiger partial charge is 0.259 e. The number of furan rings is 1. The van der Waals surface area contributed by atoms with Gasteiger partial charge in [-0.1, -0.05) is 0 Å². The molecule has 1 N–H and O–H groups in total. The van der Waals surface area contributed by atoms with E-state index in [1.54, 1.807) is 23.1 Å². The number of amides is 1. The van der Waals surface area contributed by atoms with E-state index in [1.165, 1.54) is 12.5 Å². The molecule has 0 spiro atoms. The Labute approximate surface area is 93.1 Å². The zero-order valence-electron chi connectivity index (χ0n) is 9.18. The molecule has 16 heavy (non-hydrogen) atoms. The summed E-state index contributed by atoms with van der Waals surface area (Å²) in [4.78, 5) is 11.6. The molecular weight excluding hydrogens is 206 g/mol. The van der Waals surface area contributed by atoms with Crippen LogP contribution in [-0.2, 0) is 0 Å². The molecular formula is C11H13N3O2. The van der Waals surface area contributed by atoms with Gasteiger partial charge in [0.1, 0.15) is 6.26 Å². The van der Waals surface area contributed by atoms with Gasteiger partial charge in [0.05, 0.1) is 23.7 Å². The van der Waals surface area contributed by atoms with Gasteiger partial charge in [-0.2, -0.15) is 5.10 Å². The molecule has 2 heterocycles. The average Bonchev–Trinajstić information content (AvgIpc) is 2.87. The number of rotatable bonds is 3. The second-order valence-electron chi connectivity index (χ2n) is 3.77. The molecule has 0 radical (unpaired) electrons. The molecule has 0 aliphatic rings. The van der Waals surface area contributed by atoms with Crippen LogP contribution in [0.2, 0.25) is 0 Å². The molecule has 0 saturated heterocycles. The SMILES string of the molecule is CC(C)n1cc(NC(=O)c2ccoc2)cn1. The lowest BCUT2D eigenvalue weighted by Crippen LogP contribution is -2.10. The minimum atomic E-state index is -0.197. The van der Waals surface area contributed by atoms with E-state index in [-0.39, 0.29) is 11.9 Å². The van der Waals surface area contributed by atoms with Crippen molar-refractivity contribution in [3.05, 3.63) is 36.5 Å². The summed E-state index contributed by atoms with van der Waals surface area (Å²) in [5.74, 6) is -0.197. The number of aromatic nitrogens is 2. The molecule has 2 rings (SSSR count). The Bertz CT molecular complexity index is 471. The summed E-state index contributed by atoms with van der Waals surface area (Å²) in [6.45, 7) is 4.04. The minimum Gasteiger partial charge on any atom is -0.472 e. The van der Waals surface area contributed by atoms with Crippen LogP contribution >= 0.6 is 0 Å². The number of carbonyl (C=O) groups is 1. The second-order valence-corrected chi connectivity index (χ2v) is 3.77. The first-order valence-electron chi connectivity index (χ1n) is 5.04. The van der Waals surface area contributed by atoms with Crippen LogP contribution in [0.15, 0.2) is 35.4 Å². The van der Waals surface area contributed by atoms with Crippen LogP contribution in [0.4, 0.5) is 5.69 Å². The normalized spacial score (nSPS) is 10.7. The highest BCUT2D eigenvalue weighted by molar-refractivity contribution is 6.03. The van der Waals surface area contributed by atoms with E-state index in [0.29, 0.717) is 11.3 Å². The van der Waals surface area contributed by atoms with Gasteiger partial charge < -0.3 is 9.73 Å². The van der Waals surface area contributed by atoms with E-state index < -0.39 is 0 Å². The average molecular weight is 219 g/mol. The largest absolute Gasteiger partial charge is 0.472 e. The molecule has 5 nitrogen and oxygen atoms in total. The van der Waals surface area contributed by atoms with Crippen molar-refractivity contribution in [3.8, 4) is 0 Å². The molecule has 84 valence electrons. The molecule has 0 fully saturated rings. The van der Waals surface area contributed by atoms with Gasteiger partial charge in [0, 0.05) is 12.2 Å². The van der Waals surface area contributed by atoms with Crippen molar-refractivity contribution in [1.29, 1.82) is 0 Å². The monoisotopic (exact) mass is 219 g/mol. The Morgan fingerprint density at radius 3 is 2.94 bits per heavy atom. The molecule has 0 atom stereocenters. The van der Waals surface area contributed by atoms with Crippen LogP contribution in [0.3, 0.4) is 0 Å². The van der Waals surface area contributed by atoms with Gasteiger partial charge >= 0.3 is 0 Å². The lowest BCUT2D eigenvalue weighted by molar-refractivity contribution is 0.102. The fraction of sp³-hybridized carbons (Fsp3) is 0.273. The van der Waals surface area contributed by atoms with Crippen molar-refractivity contribution >= 4 is 11.6 Å². The molecule has 0 aromatic carbocycles. The maximum absolute atomic E-state index is 11.6. The third-order valence-corrected chi connectivity index (χ3v) is 2.17. The summed E-state index contributed by atoms with van der Waals surface area (Å²) in [6.07, 6.45) is 6.29. The van der Waals surface area contributed by atoms with Crippen LogP contribution in [0.5, 0.6) is 0 Å². The van der Waals surface area contributed by atoms with Gasteiger partial charge in [0.15, 0.2) is 0 Å². The van der Waals surface area contributed by atoms with Gasteiger partial charge in [0.2, 0.25) is 0 Å². The Morgan fingerprint density at radius 2 is 2.38 bits per heavy atom. The molecule has 2 aromatic rings. The van der Waals surface area contributed by atoms with Gasteiger partial charge in [-0.05, 0) is 19.9 Å². The number of carbonyl (C=O) groups excluding carboxylic acids is 1. The quantitative estimate of drug-likeness (QED) is 0.861. The first-order chi connectivity index (χ1) is 7.66. The number of anilines is 1. The maximum atomic E-state index is 11.6. The highest BCUT2D eigenvalue weighted by Crippen LogP contribution is 2.11. The summed E-state index contributed by atoms with van der Waals surface area (Å²) in [5.41, 5.74) is 1.18. The zero-order chi connectivity index (χ0) is 11.5. The molecule has 0 bridgehead atoms. The van der Waals surface area contributed by atoms with Crippen molar-refractivity contribution in [2.45, 2.75) is 19.9 Å². The van der Waals surface area contributed by atoms with Crippen molar-refractivity contribution in [1.82, 2.24) is 9.78 Å². The van der Waals surface area contributed by atoms with E-state index >= 15 is 0 Å². The third kappa shape index (κ3) is 2.13. The van der Waals surface area contributed by atoms with Crippen molar-refractivity contribution in [2.75, 3.05) is 5.32 Å². The Balaban J connectivity index is 2.07. The van der Waals surface area contributed by atoms with Crippen molar-refractivity contribution in [3.63, 3.8) is 0 Å². The van der Waals surface area contributed by atoms with Gasteiger partial charge in [-0.25, -0.2) is 0 Å². The first kappa shape index (κ1) is 10.5. The van der Waals surface area contributed by atoms with E-state index in [0.717, 1.165) is 0 Å². The van der Waals surface area contributed by atoms with E-state index in [4.69, 9.17) is 4.42 Å². The van der Waals surface area contributed by atoms with Crippen molar-refractivity contribution < 1.29 is 9.21 Å². The molecule has 2 aromatic heterocycles. The summed E-state index contributed by atoms with van der Waals surface area (Å²) < 4.78 is 6.62. The summed E-state index contributed by atoms with van der Waals surface area (Å²) in [6, 6.07) is 1.89. The fourth-order valence-corrected chi connectivity index (χ4v) is 1.28. The molecule has 0 aliphatic heterocycles. The summed E-state index contributed by atoms with van der Waals surface area (Å²) in [5, 5.41) is 6.87. The second kappa shape index (κ2) is 4.22. The third-order valence-electron chi connectivity index (χ3n) is 2.17. The van der Waals surface area contributed by atoms with Gasteiger partial charge in [-0.15, -0.1) is 0 Å². The lowest BCUT2D eigenvalue weighted by atomic mass is 10.3. The summed E-state index contributed by atoms with van der Waals surface area (Å²) in [7, 11) is 0. The highest BCUT2D eigenvalue weighted by Gasteiger charge is 2.08. The van der Waals surface area contributed by atoms with Crippen LogP contribution < -0.4 is 5.32 Å². The van der Waals surface area contributed by atoms with Crippen LogP contribution in [0, 0.1) is 0 Å². The fourth-order valence-electron chi connectivity index (χ4n) is 1.28. The molecule has 0 aliphatic carbocycles. The lowest BCUT2D eigenvalue weighted by Gasteiger charge is -2.03. The predicted molar refractivity (Wildman–Crippen MR) is 59.3 cm³/mol. The zero-order valence-corrected chi connectivity index (χ0v) is 9.18. The predicted octanol–water partition coefficient (Wildman–Crippen LogP) is 2.31. The number of nitrogens with one attached hydrogen (secondary N) is 1.